The number of aryl methyl sites for hydroxylation is 3. The van der Waals surface area contributed by atoms with Gasteiger partial charge in [-0.15, -0.1) is 22.7 Å². The van der Waals surface area contributed by atoms with E-state index >= 15 is 4.39 Å². The molecule has 0 aliphatic carbocycles. The van der Waals surface area contributed by atoms with Crippen molar-refractivity contribution >= 4 is 65.9 Å². The molecule has 4 nitrogen and oxygen atoms in total. The van der Waals surface area contributed by atoms with Crippen molar-refractivity contribution in [3.63, 3.8) is 0 Å². The van der Waals surface area contributed by atoms with Crippen molar-refractivity contribution < 1.29 is 4.39 Å². The average molecular weight is 679 g/mol. The molecule has 0 amide bonds. The fourth-order valence-electron chi connectivity index (χ4n) is 6.40. The van der Waals surface area contributed by atoms with Crippen LogP contribution in [0.1, 0.15) is 69.8 Å². The zero-order chi connectivity index (χ0) is 32.8. The normalized spacial score (nSPS) is 12.1. The minimum Gasteiger partial charge on any atom is -0.249 e. The van der Waals surface area contributed by atoms with Crippen molar-refractivity contribution in [2.24, 2.45) is 11.8 Å². The Balaban J connectivity index is 1.37. The molecule has 4 aromatic heterocycles. The molecule has 4 heterocycles. The van der Waals surface area contributed by atoms with Gasteiger partial charge in [-0.3, -0.25) is 0 Å². The number of aromatic nitrogens is 4. The maximum absolute atomic E-state index is 15.3. The van der Waals surface area contributed by atoms with Gasteiger partial charge in [0.05, 0.1) is 28.6 Å². The number of fused-ring (bicyclic) bond motifs is 3. The summed E-state index contributed by atoms with van der Waals surface area (Å²) in [6.07, 6.45) is 4.64. The van der Waals surface area contributed by atoms with E-state index in [2.05, 4.69) is 71.9 Å². The summed E-state index contributed by atoms with van der Waals surface area (Å²) in [4.78, 5) is 13.2. The first kappa shape index (κ1) is 32.0. The Morgan fingerprint density at radius 3 is 1.94 bits per heavy atom. The summed E-state index contributed by atoms with van der Waals surface area (Å²) < 4.78 is 27.7. The highest BCUT2D eigenvalue weighted by Gasteiger charge is 2.25. The van der Waals surface area contributed by atoms with Crippen LogP contribution < -0.4 is 0 Å². The number of thiophene rings is 2. The summed E-state index contributed by atoms with van der Waals surface area (Å²) >= 11 is 4.92. The summed E-state index contributed by atoms with van der Waals surface area (Å²) in [6, 6.07) is 18.4. The highest BCUT2D eigenvalue weighted by molar-refractivity contribution is 7.29. The van der Waals surface area contributed by atoms with Gasteiger partial charge in [-0.2, -0.15) is 8.75 Å². The van der Waals surface area contributed by atoms with Crippen LogP contribution in [0, 0.1) is 17.7 Å². The van der Waals surface area contributed by atoms with Crippen LogP contribution in [-0.2, 0) is 25.7 Å². The summed E-state index contributed by atoms with van der Waals surface area (Å²) in [6.45, 7) is 13.2. The second-order valence-electron chi connectivity index (χ2n) is 13.2. The molecule has 0 fully saturated rings. The fraction of sp³-hybridized carbons (Fsp3) is 0.333. The Hall–Kier alpha value is -3.59. The maximum Gasteiger partial charge on any atom is 0.131 e. The summed E-state index contributed by atoms with van der Waals surface area (Å²) in [5, 5.41) is 0. The van der Waals surface area contributed by atoms with Crippen molar-refractivity contribution in [3.05, 3.63) is 82.2 Å². The Bertz CT molecular complexity index is 2190. The van der Waals surface area contributed by atoms with Crippen LogP contribution in [0.4, 0.5) is 4.39 Å². The van der Waals surface area contributed by atoms with Crippen LogP contribution in [0.5, 0.6) is 0 Å². The monoisotopic (exact) mass is 678 g/mol. The molecule has 240 valence electrons. The molecule has 0 saturated carbocycles. The van der Waals surface area contributed by atoms with E-state index in [1.807, 2.05) is 29.5 Å². The van der Waals surface area contributed by atoms with E-state index in [0.717, 1.165) is 98.3 Å². The zero-order valence-electron chi connectivity index (χ0n) is 27.8. The van der Waals surface area contributed by atoms with Gasteiger partial charge >= 0.3 is 0 Å². The molecule has 0 radical (unpaired) electrons. The first-order chi connectivity index (χ1) is 22.7. The Morgan fingerprint density at radius 1 is 0.681 bits per heavy atom. The zero-order valence-corrected chi connectivity index (χ0v) is 30.2. The van der Waals surface area contributed by atoms with Gasteiger partial charge in [0, 0.05) is 35.8 Å². The Kier molecular flexibility index (Phi) is 8.94. The number of hydrogen-bond acceptors (Lipinski definition) is 7. The summed E-state index contributed by atoms with van der Waals surface area (Å²) in [5.74, 6) is 1.03. The molecule has 0 N–H and O–H groups in total. The maximum atomic E-state index is 15.3. The minimum absolute atomic E-state index is 0.183. The second-order valence-corrected chi connectivity index (χ2v) is 16.0. The van der Waals surface area contributed by atoms with Crippen molar-refractivity contribution in [3.8, 4) is 32.7 Å². The molecule has 0 bridgehead atoms. The highest BCUT2D eigenvalue weighted by atomic mass is 32.1. The van der Waals surface area contributed by atoms with E-state index in [1.54, 1.807) is 17.4 Å². The van der Waals surface area contributed by atoms with Crippen molar-refractivity contribution in [2.75, 3.05) is 0 Å². The van der Waals surface area contributed by atoms with E-state index in [9.17, 15) is 0 Å². The molecular weight excluding hydrogens is 640 g/mol. The van der Waals surface area contributed by atoms with Crippen molar-refractivity contribution in [2.45, 2.75) is 73.6 Å². The van der Waals surface area contributed by atoms with E-state index < -0.39 is 0 Å². The smallest absolute Gasteiger partial charge is 0.131 e. The lowest BCUT2D eigenvalue weighted by Crippen LogP contribution is -2.03. The largest absolute Gasteiger partial charge is 0.249 e. The van der Waals surface area contributed by atoms with Crippen LogP contribution in [0.2, 0.25) is 0 Å². The van der Waals surface area contributed by atoms with E-state index in [1.165, 1.54) is 26.0 Å². The van der Waals surface area contributed by atoms with Gasteiger partial charge in [-0.05, 0) is 78.8 Å². The minimum atomic E-state index is -0.183. The molecule has 0 atom stereocenters. The molecule has 7 rings (SSSR count). The van der Waals surface area contributed by atoms with Gasteiger partial charge < -0.3 is 0 Å². The number of rotatable bonds is 10. The first-order valence-corrected chi connectivity index (χ1v) is 19.0. The number of halogens is 1. The van der Waals surface area contributed by atoms with Crippen LogP contribution in [0.25, 0.3) is 64.2 Å². The van der Waals surface area contributed by atoms with Gasteiger partial charge in [0.2, 0.25) is 0 Å². The number of hydrogen-bond donors (Lipinski definition) is 0. The molecule has 0 aliphatic heterocycles. The third kappa shape index (κ3) is 6.12. The average Bonchev–Trinajstić information content (AvgIpc) is 3.77. The van der Waals surface area contributed by atoms with Crippen LogP contribution in [0.3, 0.4) is 0 Å². The first-order valence-electron chi connectivity index (χ1n) is 16.6. The topological polar surface area (TPSA) is 51.6 Å². The summed E-state index contributed by atoms with van der Waals surface area (Å²) in [5.41, 5.74) is 10.9. The van der Waals surface area contributed by atoms with Crippen LogP contribution in [0.15, 0.2) is 54.6 Å². The lowest BCUT2D eigenvalue weighted by atomic mass is 9.94. The Morgan fingerprint density at radius 2 is 1.32 bits per heavy atom. The van der Waals surface area contributed by atoms with Gasteiger partial charge in [-0.1, -0.05) is 77.9 Å². The second kappa shape index (κ2) is 13.1. The number of benzene rings is 3. The summed E-state index contributed by atoms with van der Waals surface area (Å²) in [7, 11) is 0. The molecule has 8 heteroatoms. The molecule has 0 saturated heterocycles. The molecule has 7 aromatic rings. The fourth-order valence-corrected chi connectivity index (χ4v) is 9.64. The quantitative estimate of drug-likeness (QED) is 0.144. The lowest BCUT2D eigenvalue weighted by molar-refractivity contribution is 0.582. The highest BCUT2D eigenvalue weighted by Crippen LogP contribution is 2.46. The van der Waals surface area contributed by atoms with E-state index in [4.69, 9.17) is 18.7 Å². The number of nitrogens with zero attached hydrogens (tertiary/aromatic N) is 4. The molecule has 0 spiro atoms. The van der Waals surface area contributed by atoms with Crippen molar-refractivity contribution in [1.29, 1.82) is 0 Å². The van der Waals surface area contributed by atoms with Gasteiger partial charge in [0.1, 0.15) is 22.4 Å². The third-order valence-electron chi connectivity index (χ3n) is 8.80. The predicted molar refractivity (Wildman–Crippen MR) is 200 cm³/mol. The van der Waals surface area contributed by atoms with Gasteiger partial charge in [-0.25, -0.2) is 14.4 Å². The molecule has 3 aromatic carbocycles. The molecule has 0 aliphatic rings. The van der Waals surface area contributed by atoms with Crippen LogP contribution in [-0.4, -0.2) is 18.7 Å². The van der Waals surface area contributed by atoms with Crippen LogP contribution >= 0.6 is 34.4 Å². The molecule has 47 heavy (non-hydrogen) atoms. The standard InChI is InChI=1S/C39H39FN4S3/c1-7-29-30(8-2)42-37-35(33-20-32-31(46-33)19-26(45-32)17-22(5)6)39-38(43-47-44-39)34(36(37)41-29)25-14-12-24(13-15-25)27-16-11-23(18-28(27)40)10-9-21(3)4/h11-16,18-22H,7-10,17H2,1-6H3. The third-order valence-corrected chi connectivity index (χ3v) is 11.7. The predicted octanol–water partition coefficient (Wildman–Crippen LogP) is 12.0. The van der Waals surface area contributed by atoms with Gasteiger partial charge in [0.25, 0.3) is 0 Å². The van der Waals surface area contributed by atoms with Crippen molar-refractivity contribution in [1.82, 2.24) is 18.7 Å². The lowest BCUT2D eigenvalue weighted by Gasteiger charge is -2.15. The van der Waals surface area contributed by atoms with E-state index in [-0.39, 0.29) is 5.82 Å². The van der Waals surface area contributed by atoms with E-state index in [0.29, 0.717) is 17.4 Å². The van der Waals surface area contributed by atoms with Gasteiger partial charge in [0.15, 0.2) is 0 Å². The molecule has 0 unspecified atom stereocenters. The SMILES string of the molecule is CCc1nc2c(-c3ccc(-c4ccc(CCC(C)C)cc4F)cc3)c3nsnc3c(-c3cc4sc(CC(C)C)cc4s3)c2nc1CC. The Labute approximate surface area is 288 Å². The molecular formula is C39H39FN4S3.